The molecule has 8 heteroatoms. The summed E-state index contributed by atoms with van der Waals surface area (Å²) >= 11 is 1.57. The van der Waals surface area contributed by atoms with Crippen molar-refractivity contribution in [3.05, 3.63) is 46.2 Å². The van der Waals surface area contributed by atoms with Crippen molar-refractivity contribution in [2.45, 2.75) is 25.3 Å². The third-order valence-electron chi connectivity index (χ3n) is 4.05. The summed E-state index contributed by atoms with van der Waals surface area (Å²) in [5, 5.41) is 1.95. The number of sulfonamides is 1. The highest BCUT2D eigenvalue weighted by Crippen LogP contribution is 2.28. The summed E-state index contributed by atoms with van der Waals surface area (Å²) in [6.45, 7) is 4.71. The second-order valence-corrected chi connectivity index (χ2v) is 8.63. The van der Waals surface area contributed by atoms with Gasteiger partial charge in [0.1, 0.15) is 10.6 Å². The maximum Gasteiger partial charge on any atom is 0.253 e. The Hall–Kier alpha value is -1.90. The minimum Gasteiger partial charge on any atom is -0.495 e. The van der Waals surface area contributed by atoms with Gasteiger partial charge in [-0.1, -0.05) is 19.9 Å². The Balaban J connectivity index is 2.38. The van der Waals surface area contributed by atoms with Crippen LogP contribution in [0.15, 0.2) is 40.6 Å². The van der Waals surface area contributed by atoms with Crippen LogP contribution in [0, 0.1) is 0 Å². The monoisotopic (exact) mass is 396 g/mol. The van der Waals surface area contributed by atoms with Crippen LogP contribution in [0.3, 0.4) is 0 Å². The second kappa shape index (κ2) is 8.66. The number of hydrogen-bond donors (Lipinski definition) is 0. The Morgan fingerprint density at radius 2 is 1.88 bits per heavy atom. The first-order chi connectivity index (χ1) is 12.3. The molecule has 0 bridgehead atoms. The molecule has 1 amide bonds. The van der Waals surface area contributed by atoms with Crippen LogP contribution in [-0.4, -0.2) is 50.8 Å². The van der Waals surface area contributed by atoms with Crippen LogP contribution in [-0.2, 0) is 16.6 Å². The Kier molecular flexibility index (Phi) is 6.80. The molecular weight excluding hydrogens is 372 g/mol. The molecule has 1 heterocycles. The molecule has 0 atom stereocenters. The average molecular weight is 397 g/mol. The summed E-state index contributed by atoms with van der Waals surface area (Å²) in [5.41, 5.74) is 0.315. The molecule has 0 radical (unpaired) electrons. The van der Waals surface area contributed by atoms with Gasteiger partial charge in [-0.25, -0.2) is 8.42 Å². The van der Waals surface area contributed by atoms with Gasteiger partial charge in [-0.05, 0) is 29.6 Å². The molecule has 142 valence electrons. The van der Waals surface area contributed by atoms with Crippen molar-refractivity contribution < 1.29 is 17.9 Å². The van der Waals surface area contributed by atoms with Crippen molar-refractivity contribution >= 4 is 27.3 Å². The van der Waals surface area contributed by atoms with E-state index < -0.39 is 10.0 Å². The zero-order valence-corrected chi connectivity index (χ0v) is 17.1. The van der Waals surface area contributed by atoms with Crippen molar-refractivity contribution in [1.82, 2.24) is 9.21 Å². The second-order valence-electron chi connectivity index (χ2n) is 5.70. The van der Waals surface area contributed by atoms with Gasteiger partial charge in [0.25, 0.3) is 5.91 Å². The molecule has 6 nitrogen and oxygen atoms in total. The zero-order valence-electron chi connectivity index (χ0n) is 15.4. The van der Waals surface area contributed by atoms with Crippen molar-refractivity contribution in [3.63, 3.8) is 0 Å². The van der Waals surface area contributed by atoms with Gasteiger partial charge >= 0.3 is 0 Å². The summed E-state index contributed by atoms with van der Waals surface area (Å²) in [5.74, 6) is -0.00795. The summed E-state index contributed by atoms with van der Waals surface area (Å²) in [4.78, 5) is 15.4. The fourth-order valence-electron chi connectivity index (χ4n) is 2.64. The maximum atomic E-state index is 12.9. The number of rotatable bonds is 8. The molecule has 0 aliphatic rings. The minimum absolute atomic E-state index is 0.0130. The Labute approximate surface area is 159 Å². The molecule has 0 spiro atoms. The first kappa shape index (κ1) is 20.4. The highest BCUT2D eigenvalue weighted by molar-refractivity contribution is 7.89. The van der Waals surface area contributed by atoms with Crippen LogP contribution in [0.2, 0.25) is 0 Å². The lowest BCUT2D eigenvalue weighted by Gasteiger charge is -2.21. The first-order valence-electron chi connectivity index (χ1n) is 8.31. The molecule has 0 fully saturated rings. The third kappa shape index (κ3) is 4.25. The third-order valence-corrected chi connectivity index (χ3v) is 6.99. The largest absolute Gasteiger partial charge is 0.495 e. The predicted octanol–water partition coefficient (Wildman–Crippen LogP) is 3.06. The molecule has 0 aliphatic carbocycles. The Morgan fingerprint density at radius 3 is 2.42 bits per heavy atom. The minimum atomic E-state index is -3.74. The number of thiophene rings is 1. The van der Waals surface area contributed by atoms with E-state index in [2.05, 4.69) is 0 Å². The van der Waals surface area contributed by atoms with Crippen LogP contribution in [0.1, 0.15) is 29.1 Å². The van der Waals surface area contributed by atoms with Crippen molar-refractivity contribution in [2.75, 3.05) is 27.2 Å². The van der Waals surface area contributed by atoms with E-state index in [4.69, 9.17) is 4.74 Å². The number of ether oxygens (including phenoxy) is 1. The molecule has 0 saturated heterocycles. The summed E-state index contributed by atoms with van der Waals surface area (Å²) in [6, 6.07) is 8.41. The molecule has 0 aliphatic heterocycles. The first-order valence-corrected chi connectivity index (χ1v) is 10.6. The van der Waals surface area contributed by atoms with Crippen molar-refractivity contribution in [2.24, 2.45) is 0 Å². The van der Waals surface area contributed by atoms with Crippen LogP contribution < -0.4 is 4.74 Å². The molecule has 2 rings (SSSR count). The van der Waals surface area contributed by atoms with Gasteiger partial charge in [0.15, 0.2) is 0 Å². The number of amides is 1. The molecule has 0 N–H and O–H groups in total. The maximum absolute atomic E-state index is 12.9. The molecular formula is C18H24N2O4S2. The average Bonchev–Trinajstić information content (AvgIpc) is 3.14. The fraction of sp³-hybridized carbons (Fsp3) is 0.389. The molecule has 0 unspecified atom stereocenters. The normalized spacial score (nSPS) is 11.6. The van der Waals surface area contributed by atoms with Crippen LogP contribution in [0.5, 0.6) is 5.75 Å². The lowest BCUT2D eigenvalue weighted by atomic mass is 10.2. The summed E-state index contributed by atoms with van der Waals surface area (Å²) in [6.07, 6.45) is 0. The van der Waals surface area contributed by atoms with Crippen LogP contribution in [0.4, 0.5) is 0 Å². The van der Waals surface area contributed by atoms with Gasteiger partial charge in [0.2, 0.25) is 10.0 Å². The number of carbonyl (C=O) groups is 1. The number of methoxy groups -OCH3 is 1. The van der Waals surface area contributed by atoms with Crippen LogP contribution in [0.25, 0.3) is 0 Å². The van der Waals surface area contributed by atoms with Gasteiger partial charge in [-0.3, -0.25) is 4.79 Å². The smallest absolute Gasteiger partial charge is 0.253 e. The van der Waals surface area contributed by atoms with E-state index in [0.717, 1.165) is 4.88 Å². The number of nitrogens with zero attached hydrogens (tertiary/aromatic N) is 2. The Bertz CT molecular complexity index is 844. The van der Waals surface area contributed by atoms with E-state index in [1.54, 1.807) is 43.2 Å². The molecule has 0 saturated carbocycles. The van der Waals surface area contributed by atoms with E-state index >= 15 is 0 Å². The number of hydrogen-bond acceptors (Lipinski definition) is 5. The van der Waals surface area contributed by atoms with E-state index in [1.807, 2.05) is 17.5 Å². The van der Waals surface area contributed by atoms with Gasteiger partial charge in [0, 0.05) is 30.6 Å². The lowest BCUT2D eigenvalue weighted by molar-refractivity contribution is 0.0786. The zero-order chi connectivity index (χ0) is 19.3. The van der Waals surface area contributed by atoms with Gasteiger partial charge in [-0.15, -0.1) is 11.3 Å². The highest BCUT2D eigenvalue weighted by Gasteiger charge is 2.27. The van der Waals surface area contributed by atoms with Crippen molar-refractivity contribution in [1.29, 1.82) is 0 Å². The van der Waals surface area contributed by atoms with Gasteiger partial charge < -0.3 is 9.64 Å². The van der Waals surface area contributed by atoms with E-state index in [1.165, 1.54) is 23.5 Å². The van der Waals surface area contributed by atoms with E-state index in [0.29, 0.717) is 25.2 Å². The number of carbonyl (C=O) groups excluding carboxylic acids is 1. The van der Waals surface area contributed by atoms with E-state index in [-0.39, 0.29) is 16.6 Å². The molecule has 2 aromatic rings. The topological polar surface area (TPSA) is 66.9 Å². The quantitative estimate of drug-likeness (QED) is 0.688. The predicted molar refractivity (Wildman–Crippen MR) is 103 cm³/mol. The standard InChI is InChI=1S/C18H24N2O4S2/c1-5-20(6-2)26(22,23)17-12-14(9-10-16(17)24-4)18(21)19(3)13-15-8-7-11-25-15/h7-12H,5-6,13H2,1-4H3. The van der Waals surface area contributed by atoms with Crippen molar-refractivity contribution in [3.8, 4) is 5.75 Å². The summed E-state index contributed by atoms with van der Waals surface area (Å²) < 4.78 is 32.4. The van der Waals surface area contributed by atoms with Gasteiger partial charge in [0.05, 0.1) is 13.7 Å². The molecule has 26 heavy (non-hydrogen) atoms. The SMILES string of the molecule is CCN(CC)S(=O)(=O)c1cc(C(=O)N(C)Cc2cccs2)ccc1OC. The Morgan fingerprint density at radius 1 is 1.19 bits per heavy atom. The fourth-order valence-corrected chi connectivity index (χ4v) is 5.04. The lowest BCUT2D eigenvalue weighted by Crippen LogP contribution is -2.31. The molecule has 1 aromatic heterocycles. The summed E-state index contributed by atoms with van der Waals surface area (Å²) in [7, 11) is -0.619. The van der Waals surface area contributed by atoms with Crippen LogP contribution >= 0.6 is 11.3 Å². The van der Waals surface area contributed by atoms with E-state index in [9.17, 15) is 13.2 Å². The number of benzene rings is 1. The van der Waals surface area contributed by atoms with Gasteiger partial charge in [-0.2, -0.15) is 4.31 Å². The highest BCUT2D eigenvalue weighted by atomic mass is 32.2. The molecule has 1 aromatic carbocycles.